The van der Waals surface area contributed by atoms with Gasteiger partial charge in [0.1, 0.15) is 6.10 Å². The maximum absolute atomic E-state index is 12.8. The predicted molar refractivity (Wildman–Crippen MR) is 98.6 cm³/mol. The van der Waals surface area contributed by atoms with Gasteiger partial charge >= 0.3 is 5.97 Å². The average molecular weight is 388 g/mol. The molecule has 1 saturated carbocycles. The summed E-state index contributed by atoms with van der Waals surface area (Å²) in [6.07, 6.45) is 1.03. The van der Waals surface area contributed by atoms with Crippen molar-refractivity contribution in [2.45, 2.75) is 31.2 Å². The molecule has 0 amide bonds. The summed E-state index contributed by atoms with van der Waals surface area (Å²) in [5.41, 5.74) is 1.51. The largest absolute Gasteiger partial charge is 0.490 e. The zero-order valence-corrected chi connectivity index (χ0v) is 16.1. The zero-order chi connectivity index (χ0) is 20.1. The maximum atomic E-state index is 12.8. The molecule has 0 radical (unpaired) electrons. The molecule has 1 aromatic carbocycles. The fraction of sp³-hybridized carbons (Fsp3) is 0.476. The molecule has 0 saturated heterocycles. The monoisotopic (exact) mass is 388 g/mol. The predicted octanol–water partition coefficient (Wildman–Crippen LogP) is 2.50. The Morgan fingerprint density at radius 2 is 2.07 bits per heavy atom. The lowest BCUT2D eigenvalue weighted by atomic mass is 9.80. The Balaban J connectivity index is 1.87. The normalized spacial score (nSPS) is 33.5. The first-order chi connectivity index (χ1) is 13.5. The summed E-state index contributed by atoms with van der Waals surface area (Å²) in [5, 5.41) is 11.3. The van der Waals surface area contributed by atoms with Gasteiger partial charge < -0.3 is 28.8 Å². The number of aliphatic hydroxyl groups is 1. The van der Waals surface area contributed by atoms with Crippen molar-refractivity contribution in [1.29, 1.82) is 0 Å². The second-order valence-corrected chi connectivity index (χ2v) is 7.29. The van der Waals surface area contributed by atoms with Gasteiger partial charge in [-0.1, -0.05) is 19.1 Å². The van der Waals surface area contributed by atoms with Crippen LogP contribution >= 0.6 is 0 Å². The van der Waals surface area contributed by atoms with Crippen molar-refractivity contribution in [3.8, 4) is 11.5 Å². The molecule has 1 aromatic rings. The highest BCUT2D eigenvalue weighted by molar-refractivity contribution is 5.88. The molecule has 7 nitrogen and oxygen atoms in total. The third-order valence-corrected chi connectivity index (χ3v) is 6.05. The standard InChI is InChI=1S/C21H24O7/c1-5-6-13-16-11(2)17(12-7-8-14-15(9-12)27-10-26-14)21(25-4,19(16)22)28-20(23)18(13)24-3/h5,7-9,11,16-17,19,22H,1,6,10H2,2-4H3. The van der Waals surface area contributed by atoms with Crippen LogP contribution in [0.5, 0.6) is 11.5 Å². The molecule has 0 aromatic heterocycles. The first-order valence-electron chi connectivity index (χ1n) is 9.22. The molecule has 150 valence electrons. The van der Waals surface area contributed by atoms with Crippen molar-refractivity contribution in [1.82, 2.24) is 0 Å². The number of carbonyl (C=O) groups is 1. The van der Waals surface area contributed by atoms with Crippen molar-refractivity contribution >= 4 is 5.97 Å². The fourth-order valence-electron chi connectivity index (χ4n) is 4.93. The summed E-state index contributed by atoms with van der Waals surface area (Å²) in [6, 6.07) is 5.57. The number of benzene rings is 1. The van der Waals surface area contributed by atoms with E-state index in [0.717, 1.165) is 5.56 Å². The number of carbonyl (C=O) groups excluding carboxylic acids is 1. The molecule has 0 spiro atoms. The molecule has 2 aliphatic heterocycles. The van der Waals surface area contributed by atoms with Crippen LogP contribution in [-0.4, -0.2) is 44.0 Å². The van der Waals surface area contributed by atoms with E-state index in [2.05, 4.69) is 6.58 Å². The minimum Gasteiger partial charge on any atom is -0.490 e. The maximum Gasteiger partial charge on any atom is 0.376 e. The number of allylic oxidation sites excluding steroid dienone is 1. The Kier molecular flexibility index (Phi) is 4.59. The lowest BCUT2D eigenvalue weighted by Crippen LogP contribution is -2.49. The Morgan fingerprint density at radius 1 is 1.32 bits per heavy atom. The van der Waals surface area contributed by atoms with Crippen LogP contribution in [0, 0.1) is 11.8 Å². The van der Waals surface area contributed by atoms with Crippen molar-refractivity contribution < 1.29 is 33.6 Å². The summed E-state index contributed by atoms with van der Waals surface area (Å²) in [6.45, 7) is 5.96. The van der Waals surface area contributed by atoms with E-state index in [1.165, 1.54) is 14.2 Å². The lowest BCUT2D eigenvalue weighted by molar-refractivity contribution is -0.257. The summed E-state index contributed by atoms with van der Waals surface area (Å²) >= 11 is 0. The highest BCUT2D eigenvalue weighted by Crippen LogP contribution is 2.58. The van der Waals surface area contributed by atoms with Crippen LogP contribution < -0.4 is 9.47 Å². The van der Waals surface area contributed by atoms with Crippen LogP contribution in [0.15, 0.2) is 42.2 Å². The van der Waals surface area contributed by atoms with Crippen LogP contribution in [-0.2, 0) is 19.0 Å². The number of methoxy groups -OCH3 is 2. The molecule has 4 rings (SSSR count). The number of esters is 1. The van der Waals surface area contributed by atoms with E-state index in [0.29, 0.717) is 23.5 Å². The van der Waals surface area contributed by atoms with Crippen LogP contribution in [0.3, 0.4) is 0 Å². The van der Waals surface area contributed by atoms with E-state index >= 15 is 0 Å². The molecule has 1 N–H and O–H groups in total. The van der Waals surface area contributed by atoms with Crippen LogP contribution in [0.2, 0.25) is 0 Å². The quantitative estimate of drug-likeness (QED) is 0.613. The second-order valence-electron chi connectivity index (χ2n) is 7.29. The number of hydrogen-bond donors (Lipinski definition) is 1. The van der Waals surface area contributed by atoms with Gasteiger partial charge in [-0.2, -0.15) is 0 Å². The summed E-state index contributed by atoms with van der Waals surface area (Å²) in [4.78, 5) is 12.8. The number of hydrogen-bond acceptors (Lipinski definition) is 7. The molecule has 7 heteroatoms. The van der Waals surface area contributed by atoms with Gasteiger partial charge in [-0.05, 0) is 35.6 Å². The van der Waals surface area contributed by atoms with Gasteiger partial charge in [-0.3, -0.25) is 0 Å². The Labute approximate surface area is 163 Å². The minimum atomic E-state index is -1.54. The number of aliphatic hydroxyl groups excluding tert-OH is 1. The first kappa shape index (κ1) is 18.8. The lowest BCUT2D eigenvalue weighted by Gasteiger charge is -2.36. The van der Waals surface area contributed by atoms with Gasteiger partial charge in [-0.25, -0.2) is 4.79 Å². The summed E-state index contributed by atoms with van der Waals surface area (Å²) in [7, 11) is 2.86. The first-order valence-corrected chi connectivity index (χ1v) is 9.22. The molecule has 2 bridgehead atoms. The molecule has 1 aliphatic carbocycles. The summed E-state index contributed by atoms with van der Waals surface area (Å²) in [5.74, 6) is -1.71. The van der Waals surface area contributed by atoms with Crippen molar-refractivity contribution in [3.63, 3.8) is 0 Å². The highest BCUT2D eigenvalue weighted by Gasteiger charge is 2.65. The Bertz CT molecular complexity index is 845. The van der Waals surface area contributed by atoms with E-state index in [1.54, 1.807) is 6.08 Å². The molecule has 5 unspecified atom stereocenters. The van der Waals surface area contributed by atoms with E-state index in [9.17, 15) is 9.90 Å². The van der Waals surface area contributed by atoms with Crippen molar-refractivity contribution in [3.05, 3.63) is 47.7 Å². The van der Waals surface area contributed by atoms with Gasteiger partial charge in [0.15, 0.2) is 11.5 Å². The fourth-order valence-corrected chi connectivity index (χ4v) is 4.93. The third kappa shape index (κ3) is 2.46. The molecule has 3 aliphatic rings. The van der Waals surface area contributed by atoms with E-state index < -0.39 is 29.7 Å². The van der Waals surface area contributed by atoms with E-state index in [-0.39, 0.29) is 18.5 Å². The Morgan fingerprint density at radius 3 is 2.75 bits per heavy atom. The zero-order valence-electron chi connectivity index (χ0n) is 16.1. The smallest absolute Gasteiger partial charge is 0.376 e. The third-order valence-electron chi connectivity index (χ3n) is 6.05. The van der Waals surface area contributed by atoms with Crippen LogP contribution in [0.4, 0.5) is 0 Å². The minimum absolute atomic E-state index is 0.108. The van der Waals surface area contributed by atoms with Crippen LogP contribution in [0.1, 0.15) is 24.8 Å². The molecule has 1 fully saturated rings. The molecule has 28 heavy (non-hydrogen) atoms. The topological polar surface area (TPSA) is 83.5 Å². The van der Waals surface area contributed by atoms with E-state index in [4.69, 9.17) is 23.7 Å². The van der Waals surface area contributed by atoms with E-state index in [1.807, 2.05) is 25.1 Å². The SMILES string of the molecule is C=CCC1=C(OC)C(=O)OC2(OC)C(O)C1C(C)C2c1ccc2c(c1)OCO2. The van der Waals surface area contributed by atoms with Gasteiger partial charge in [0.25, 0.3) is 0 Å². The van der Waals surface area contributed by atoms with Crippen molar-refractivity contribution in [2.75, 3.05) is 21.0 Å². The molecular weight excluding hydrogens is 364 g/mol. The highest BCUT2D eigenvalue weighted by atomic mass is 16.7. The van der Waals surface area contributed by atoms with Gasteiger partial charge in [0, 0.05) is 13.0 Å². The summed E-state index contributed by atoms with van der Waals surface area (Å²) < 4.78 is 27.8. The van der Waals surface area contributed by atoms with Gasteiger partial charge in [0.05, 0.1) is 13.0 Å². The molecular formula is C21H24O7. The Hall–Kier alpha value is -2.51. The van der Waals surface area contributed by atoms with Gasteiger partial charge in [0.2, 0.25) is 18.3 Å². The number of rotatable bonds is 5. The second kappa shape index (κ2) is 6.83. The number of fused-ring (bicyclic) bond motifs is 3. The van der Waals surface area contributed by atoms with Gasteiger partial charge in [-0.15, -0.1) is 6.58 Å². The number of ether oxygens (including phenoxy) is 5. The molecule has 2 heterocycles. The van der Waals surface area contributed by atoms with Crippen molar-refractivity contribution in [2.24, 2.45) is 11.8 Å². The average Bonchev–Trinajstić information content (AvgIpc) is 3.20. The van der Waals surface area contributed by atoms with Crippen LogP contribution in [0.25, 0.3) is 0 Å². The molecule has 5 atom stereocenters.